The highest BCUT2D eigenvalue weighted by Crippen LogP contribution is 2.33. The minimum absolute atomic E-state index is 0.0973. The zero-order chi connectivity index (χ0) is 12.1. The van der Waals surface area contributed by atoms with Crippen LogP contribution in [0.5, 0.6) is 0 Å². The molecule has 0 aromatic carbocycles. The highest BCUT2D eigenvalue weighted by molar-refractivity contribution is 5.80. The van der Waals surface area contributed by atoms with Gasteiger partial charge in [-0.1, -0.05) is 0 Å². The van der Waals surface area contributed by atoms with Crippen LogP contribution in [-0.4, -0.2) is 28.4 Å². The fourth-order valence-electron chi connectivity index (χ4n) is 2.13. The number of aldehydes is 1. The summed E-state index contributed by atoms with van der Waals surface area (Å²) in [4.78, 5) is 32.1. The van der Waals surface area contributed by atoms with E-state index >= 15 is 0 Å². The Morgan fingerprint density at radius 2 is 2.00 bits per heavy atom. The quantitative estimate of drug-likeness (QED) is 0.688. The van der Waals surface area contributed by atoms with E-state index in [-0.39, 0.29) is 18.8 Å². The van der Waals surface area contributed by atoms with Crippen molar-refractivity contribution in [1.29, 1.82) is 0 Å². The summed E-state index contributed by atoms with van der Waals surface area (Å²) in [6.45, 7) is 0. The second kappa shape index (κ2) is 5.44. The minimum atomic E-state index is -1.02. The Morgan fingerprint density at radius 1 is 1.31 bits per heavy atom. The smallest absolute Gasteiger partial charge is 0.307 e. The van der Waals surface area contributed by atoms with Gasteiger partial charge in [-0.15, -0.1) is 0 Å². The van der Waals surface area contributed by atoms with E-state index in [1.807, 2.05) is 0 Å². The van der Waals surface area contributed by atoms with Crippen LogP contribution in [0, 0.1) is 5.92 Å². The molecule has 2 N–H and O–H groups in total. The Kier molecular flexibility index (Phi) is 4.22. The van der Waals surface area contributed by atoms with Crippen LogP contribution in [0.3, 0.4) is 0 Å². The highest BCUT2D eigenvalue weighted by Gasteiger charge is 2.26. The first-order valence-corrected chi connectivity index (χ1v) is 5.15. The van der Waals surface area contributed by atoms with Crippen LogP contribution in [-0.2, 0) is 14.4 Å². The van der Waals surface area contributed by atoms with Crippen LogP contribution in [0.25, 0.3) is 0 Å². The Bertz CT molecular complexity index is 342. The number of carbonyl (C=O) groups is 3. The molecule has 1 atom stereocenters. The van der Waals surface area contributed by atoms with Gasteiger partial charge in [0.15, 0.2) is 0 Å². The van der Waals surface area contributed by atoms with Gasteiger partial charge in [-0.25, -0.2) is 0 Å². The standard InChI is InChI=1S/C11H14O5/c12-6-8-3-1-2-7(4-10(13)14)9(8)5-11(15)16/h6-7H,1-5H2,(H,13,14)(H,15,16). The van der Waals surface area contributed by atoms with E-state index in [0.717, 1.165) is 6.42 Å². The van der Waals surface area contributed by atoms with Gasteiger partial charge in [-0.2, -0.15) is 0 Å². The first-order valence-electron chi connectivity index (χ1n) is 5.15. The van der Waals surface area contributed by atoms with Gasteiger partial charge in [-0.05, 0) is 36.3 Å². The molecule has 1 rings (SSSR count). The van der Waals surface area contributed by atoms with Gasteiger partial charge in [0.25, 0.3) is 0 Å². The van der Waals surface area contributed by atoms with Gasteiger partial charge >= 0.3 is 11.9 Å². The van der Waals surface area contributed by atoms with Crippen molar-refractivity contribution in [2.45, 2.75) is 32.1 Å². The number of allylic oxidation sites excluding steroid dienone is 1. The average Bonchev–Trinajstić information content (AvgIpc) is 2.19. The topological polar surface area (TPSA) is 91.7 Å². The van der Waals surface area contributed by atoms with Gasteiger partial charge in [0.05, 0.1) is 12.8 Å². The van der Waals surface area contributed by atoms with Crippen LogP contribution in [0.2, 0.25) is 0 Å². The van der Waals surface area contributed by atoms with Crippen molar-refractivity contribution < 1.29 is 24.6 Å². The molecule has 0 spiro atoms. The molecule has 5 nitrogen and oxygen atoms in total. The first kappa shape index (κ1) is 12.4. The van der Waals surface area contributed by atoms with Crippen molar-refractivity contribution >= 4 is 18.2 Å². The Labute approximate surface area is 92.8 Å². The van der Waals surface area contributed by atoms with Gasteiger partial charge in [0.2, 0.25) is 0 Å². The molecular weight excluding hydrogens is 212 g/mol. The second-order valence-electron chi connectivity index (χ2n) is 3.93. The lowest BCUT2D eigenvalue weighted by atomic mass is 9.80. The number of carboxylic acid groups (broad SMARTS) is 2. The molecule has 0 fully saturated rings. The maximum absolute atomic E-state index is 10.8. The molecule has 0 aromatic rings. The molecule has 0 heterocycles. The molecule has 5 heteroatoms. The summed E-state index contributed by atoms with van der Waals surface area (Å²) in [5.74, 6) is -2.28. The van der Waals surface area contributed by atoms with Crippen molar-refractivity contribution in [1.82, 2.24) is 0 Å². The lowest BCUT2D eigenvalue weighted by Gasteiger charge is -2.24. The van der Waals surface area contributed by atoms with Crippen LogP contribution in [0.4, 0.5) is 0 Å². The van der Waals surface area contributed by atoms with Crippen molar-refractivity contribution in [3.8, 4) is 0 Å². The van der Waals surface area contributed by atoms with E-state index in [1.54, 1.807) is 0 Å². The number of carbonyl (C=O) groups excluding carboxylic acids is 1. The molecular formula is C11H14O5. The third-order valence-electron chi connectivity index (χ3n) is 2.81. The molecule has 0 saturated carbocycles. The van der Waals surface area contributed by atoms with Gasteiger partial charge in [0, 0.05) is 0 Å². The summed E-state index contributed by atoms with van der Waals surface area (Å²) < 4.78 is 0. The third kappa shape index (κ3) is 3.18. The Hall–Kier alpha value is -1.65. The van der Waals surface area contributed by atoms with Crippen molar-refractivity contribution in [2.75, 3.05) is 0 Å². The Morgan fingerprint density at radius 3 is 2.50 bits per heavy atom. The second-order valence-corrected chi connectivity index (χ2v) is 3.93. The Balaban J connectivity index is 2.93. The van der Waals surface area contributed by atoms with E-state index in [9.17, 15) is 14.4 Å². The zero-order valence-corrected chi connectivity index (χ0v) is 8.81. The number of carboxylic acids is 2. The molecule has 0 saturated heterocycles. The van der Waals surface area contributed by atoms with E-state index in [1.165, 1.54) is 0 Å². The van der Waals surface area contributed by atoms with E-state index in [0.29, 0.717) is 30.3 Å². The minimum Gasteiger partial charge on any atom is -0.481 e. The summed E-state index contributed by atoms with van der Waals surface area (Å²) in [5.41, 5.74) is 0.969. The third-order valence-corrected chi connectivity index (χ3v) is 2.81. The summed E-state index contributed by atoms with van der Waals surface area (Å²) in [5, 5.41) is 17.5. The summed E-state index contributed by atoms with van der Waals surface area (Å²) in [6, 6.07) is 0. The molecule has 88 valence electrons. The maximum Gasteiger partial charge on any atom is 0.307 e. The van der Waals surface area contributed by atoms with Gasteiger partial charge in [0.1, 0.15) is 6.29 Å². The van der Waals surface area contributed by atoms with Gasteiger partial charge in [-0.3, -0.25) is 14.4 Å². The number of hydrogen-bond donors (Lipinski definition) is 2. The van der Waals surface area contributed by atoms with Crippen molar-refractivity contribution in [3.05, 3.63) is 11.1 Å². The van der Waals surface area contributed by atoms with Crippen LogP contribution in [0.15, 0.2) is 11.1 Å². The lowest BCUT2D eigenvalue weighted by molar-refractivity contribution is -0.139. The fraction of sp³-hybridized carbons (Fsp3) is 0.545. The molecule has 0 aromatic heterocycles. The van der Waals surface area contributed by atoms with Crippen LogP contribution < -0.4 is 0 Å². The van der Waals surface area contributed by atoms with E-state index in [2.05, 4.69) is 0 Å². The monoisotopic (exact) mass is 226 g/mol. The fourth-order valence-corrected chi connectivity index (χ4v) is 2.13. The largest absolute Gasteiger partial charge is 0.481 e. The highest BCUT2D eigenvalue weighted by atomic mass is 16.4. The van der Waals surface area contributed by atoms with Gasteiger partial charge < -0.3 is 10.2 Å². The van der Waals surface area contributed by atoms with Crippen LogP contribution in [0.1, 0.15) is 32.1 Å². The predicted octanol–water partition coefficient (Wildman–Crippen LogP) is 1.23. The molecule has 0 radical (unpaired) electrons. The van der Waals surface area contributed by atoms with E-state index in [4.69, 9.17) is 10.2 Å². The molecule has 0 aliphatic heterocycles. The van der Waals surface area contributed by atoms with E-state index < -0.39 is 11.9 Å². The predicted molar refractivity (Wildman–Crippen MR) is 54.9 cm³/mol. The normalized spacial score (nSPS) is 20.6. The zero-order valence-electron chi connectivity index (χ0n) is 8.81. The summed E-state index contributed by atoms with van der Waals surface area (Å²) >= 11 is 0. The lowest BCUT2D eigenvalue weighted by Crippen LogP contribution is -2.19. The molecule has 1 aliphatic rings. The maximum atomic E-state index is 10.8. The van der Waals surface area contributed by atoms with Crippen molar-refractivity contribution in [2.24, 2.45) is 5.92 Å². The van der Waals surface area contributed by atoms with Crippen molar-refractivity contribution in [3.63, 3.8) is 0 Å². The molecule has 1 unspecified atom stereocenters. The number of aliphatic carboxylic acids is 2. The summed E-state index contributed by atoms with van der Waals surface area (Å²) in [7, 11) is 0. The molecule has 0 bridgehead atoms. The molecule has 0 amide bonds. The number of hydrogen-bond acceptors (Lipinski definition) is 3. The summed E-state index contributed by atoms with van der Waals surface area (Å²) in [6.07, 6.45) is 2.28. The first-order chi connectivity index (χ1) is 7.54. The van der Waals surface area contributed by atoms with Crippen LogP contribution >= 0.6 is 0 Å². The SMILES string of the molecule is O=CC1=C(CC(=O)O)C(CC(=O)O)CCC1. The molecule has 1 aliphatic carbocycles. The average molecular weight is 226 g/mol. The molecule has 16 heavy (non-hydrogen) atoms. The number of rotatable bonds is 5.